The number of hydrogen-bond acceptors (Lipinski definition) is 15. The molecule has 0 bridgehead atoms. The lowest BCUT2D eigenvalue weighted by Crippen LogP contribution is -2.59. The Kier molecular flexibility index (Phi) is 33.4. The van der Waals surface area contributed by atoms with Crippen molar-refractivity contribution >= 4 is 41.5 Å². The van der Waals surface area contributed by atoms with Crippen molar-refractivity contribution < 1.29 is 67.1 Å². The molecule has 20 heteroatoms. The lowest BCUT2D eigenvalue weighted by molar-refractivity contribution is -0.194. The number of esters is 2. The number of likely N-dealkylation sites (tertiary alicyclic amines) is 1. The molecule has 1 aromatic carbocycles. The summed E-state index contributed by atoms with van der Waals surface area (Å²) in [4.78, 5) is 99.7. The second kappa shape index (κ2) is 37.4. The predicted octanol–water partition coefficient (Wildman–Crippen LogP) is 5.55. The first-order valence-electron chi connectivity index (χ1n) is 29.2. The average Bonchev–Trinajstić information content (AvgIpc) is 3.92. The summed E-state index contributed by atoms with van der Waals surface area (Å²) in [5, 5.41) is 18.1. The van der Waals surface area contributed by atoms with Gasteiger partial charge in [0, 0.05) is 60.2 Å². The van der Waals surface area contributed by atoms with E-state index in [1.165, 1.54) is 14.0 Å². The number of methoxy groups -OCH3 is 3. The number of carbonyl (C=O) groups is 7. The van der Waals surface area contributed by atoms with E-state index in [0.717, 1.165) is 24.8 Å². The second-order valence-electron chi connectivity index (χ2n) is 22.8. The first kappa shape index (κ1) is 71.4. The molecule has 0 aromatic heterocycles. The lowest BCUT2D eigenvalue weighted by Gasteiger charge is -2.41. The van der Waals surface area contributed by atoms with Gasteiger partial charge in [-0.15, -0.1) is 0 Å². The molecule has 1 aliphatic heterocycles. The minimum atomic E-state index is -0.934. The summed E-state index contributed by atoms with van der Waals surface area (Å²) in [7, 11) is 10.1. The van der Waals surface area contributed by atoms with Gasteiger partial charge in [0.05, 0.1) is 56.1 Å². The maximum Gasteiger partial charge on any atom is 0.328 e. The van der Waals surface area contributed by atoms with Gasteiger partial charge in [-0.05, 0) is 101 Å². The Morgan fingerprint density at radius 2 is 1.46 bits per heavy atom. The third-order valence-electron chi connectivity index (χ3n) is 15.8. The summed E-state index contributed by atoms with van der Waals surface area (Å²) in [6.45, 7) is 20.0. The number of likely N-dealkylation sites (N-methyl/N-ethyl adjacent to an activating group) is 2. The van der Waals surface area contributed by atoms with Crippen LogP contribution in [0.5, 0.6) is 0 Å². The van der Waals surface area contributed by atoms with E-state index in [2.05, 4.69) is 43.6 Å². The summed E-state index contributed by atoms with van der Waals surface area (Å²) in [5.74, 6) is -2.92. The van der Waals surface area contributed by atoms with Gasteiger partial charge in [-0.25, -0.2) is 4.79 Å². The van der Waals surface area contributed by atoms with Crippen LogP contribution < -0.4 is 16.0 Å². The summed E-state index contributed by atoms with van der Waals surface area (Å²) in [6, 6.07) is 7.02. The number of nitrogens with zero attached hydrogens (tertiary/aromatic N) is 3. The van der Waals surface area contributed by atoms with Crippen molar-refractivity contribution in [3.8, 4) is 0 Å². The fourth-order valence-corrected chi connectivity index (χ4v) is 10.8. The Hall–Kier alpha value is -4.73. The summed E-state index contributed by atoms with van der Waals surface area (Å²) < 4.78 is 33.7. The maximum absolute atomic E-state index is 14.6. The number of nitrogens with one attached hydrogen (secondary N) is 3. The van der Waals surface area contributed by atoms with Crippen LogP contribution in [0.25, 0.3) is 0 Å². The second-order valence-corrected chi connectivity index (χ2v) is 22.8. The topological polar surface area (TPSA) is 241 Å². The van der Waals surface area contributed by atoms with Gasteiger partial charge < -0.3 is 59.3 Å². The van der Waals surface area contributed by atoms with Crippen LogP contribution in [0.15, 0.2) is 30.3 Å². The number of amides is 5. The largest absolute Gasteiger partial charge is 0.464 e. The normalized spacial score (nSPS) is 18.2. The number of aliphatic hydroxyl groups is 1. The smallest absolute Gasteiger partial charge is 0.328 e. The molecule has 458 valence electrons. The third-order valence-corrected chi connectivity index (χ3v) is 15.8. The van der Waals surface area contributed by atoms with Crippen LogP contribution in [0.4, 0.5) is 0 Å². The van der Waals surface area contributed by atoms with Crippen LogP contribution in [-0.4, -0.2) is 191 Å². The van der Waals surface area contributed by atoms with Crippen molar-refractivity contribution in [1.82, 2.24) is 30.7 Å². The van der Waals surface area contributed by atoms with Gasteiger partial charge in [-0.3, -0.25) is 33.7 Å². The molecular weight excluding hydrogens is 1030 g/mol. The van der Waals surface area contributed by atoms with Gasteiger partial charge in [0.15, 0.2) is 6.29 Å². The summed E-state index contributed by atoms with van der Waals surface area (Å²) in [5.41, 5.74) is 1.02. The van der Waals surface area contributed by atoms with Crippen LogP contribution in [0.2, 0.25) is 0 Å². The number of hydrogen-bond donors (Lipinski definition) is 4. The molecule has 80 heavy (non-hydrogen) atoms. The van der Waals surface area contributed by atoms with Crippen molar-refractivity contribution in [2.75, 3.05) is 75.4 Å². The molecule has 13 atom stereocenters. The standard InChI is InChI=1S/C60H104N6O14/c1-17-40(7)55(65(13)59(73)53(38(3)4)63-58(72)54(39(5)6)64(11)12)48(75-14)35-50(69)66-31-23-27-47(66)56(77-16)42(9)41(8)33-45(34-44-25-20-19-21-26-44)57(71)61-30-24-32-78-60(74)43(10)62-49(68)28-22-29-51(70)79-37-52(76-15)80-46(18-2)36-67/h19-21,25-26,38-43,45-48,52-56,67H,17-18,22-24,27-37H2,1-16H3,(H,61,71)(H,62,68)(H,63,72)/t40-,41?,42-,43-,45-,46?,47-,48+,52?,53-,54-,55-,56+/m0/s1. The Bertz CT molecular complexity index is 2000. The van der Waals surface area contributed by atoms with Crippen LogP contribution in [0, 0.1) is 35.5 Å². The highest BCUT2D eigenvalue weighted by Gasteiger charge is 2.43. The lowest BCUT2D eigenvalue weighted by atomic mass is 9.79. The number of benzene rings is 1. The van der Waals surface area contributed by atoms with Crippen LogP contribution in [-0.2, 0) is 68.4 Å². The molecule has 1 aromatic rings. The van der Waals surface area contributed by atoms with Gasteiger partial charge in [-0.2, -0.15) is 0 Å². The highest BCUT2D eigenvalue weighted by Crippen LogP contribution is 2.34. The zero-order valence-electron chi connectivity index (χ0n) is 51.5. The molecular formula is C60H104N6O14. The van der Waals surface area contributed by atoms with Gasteiger partial charge in [0.25, 0.3) is 0 Å². The van der Waals surface area contributed by atoms with Crippen molar-refractivity contribution in [2.45, 2.75) is 195 Å². The molecule has 0 radical (unpaired) electrons. The Morgan fingerprint density at radius 1 is 0.787 bits per heavy atom. The Labute approximate surface area is 479 Å². The fourth-order valence-electron chi connectivity index (χ4n) is 10.8. The minimum absolute atomic E-state index is 0.00657. The van der Waals surface area contributed by atoms with E-state index >= 15 is 0 Å². The monoisotopic (exact) mass is 1130 g/mol. The van der Waals surface area contributed by atoms with E-state index in [1.807, 2.05) is 88.8 Å². The first-order chi connectivity index (χ1) is 37.9. The average molecular weight is 1130 g/mol. The molecule has 1 heterocycles. The zero-order valence-corrected chi connectivity index (χ0v) is 51.5. The van der Waals surface area contributed by atoms with Crippen LogP contribution in [0.3, 0.4) is 0 Å². The Morgan fingerprint density at radius 3 is 2.02 bits per heavy atom. The molecule has 2 rings (SSSR count). The molecule has 0 aliphatic carbocycles. The highest BCUT2D eigenvalue weighted by atomic mass is 16.7. The molecule has 5 amide bonds. The Balaban J connectivity index is 2.07. The van der Waals surface area contributed by atoms with Crippen molar-refractivity contribution in [1.29, 1.82) is 0 Å². The van der Waals surface area contributed by atoms with Gasteiger partial charge in [0.2, 0.25) is 29.5 Å². The van der Waals surface area contributed by atoms with E-state index in [1.54, 1.807) is 26.2 Å². The van der Waals surface area contributed by atoms with E-state index in [0.29, 0.717) is 32.2 Å². The first-order valence-corrected chi connectivity index (χ1v) is 29.2. The van der Waals surface area contributed by atoms with Gasteiger partial charge >= 0.3 is 11.9 Å². The molecule has 0 saturated carbocycles. The molecule has 1 fully saturated rings. The number of ether oxygens (including phenoxy) is 6. The highest BCUT2D eigenvalue weighted by molar-refractivity contribution is 5.90. The van der Waals surface area contributed by atoms with Gasteiger partial charge in [-0.1, -0.05) is 99.1 Å². The van der Waals surface area contributed by atoms with Crippen LogP contribution in [0.1, 0.15) is 139 Å². The number of aliphatic hydroxyl groups excluding tert-OH is 1. The van der Waals surface area contributed by atoms with Crippen LogP contribution >= 0.6 is 0 Å². The summed E-state index contributed by atoms with van der Waals surface area (Å²) >= 11 is 0. The van der Waals surface area contributed by atoms with Crippen molar-refractivity contribution in [3.05, 3.63) is 35.9 Å². The summed E-state index contributed by atoms with van der Waals surface area (Å²) in [6.07, 6.45) is 2.16. The van der Waals surface area contributed by atoms with E-state index in [-0.39, 0.29) is 117 Å². The molecule has 1 aliphatic rings. The fraction of sp³-hybridized carbons (Fsp3) is 0.783. The number of carbonyl (C=O) groups excluding carboxylic acids is 7. The maximum atomic E-state index is 14.6. The predicted molar refractivity (Wildman–Crippen MR) is 307 cm³/mol. The quantitative estimate of drug-likeness (QED) is 0.0359. The van der Waals surface area contributed by atoms with Crippen molar-refractivity contribution in [3.63, 3.8) is 0 Å². The molecule has 1 saturated heterocycles. The zero-order chi connectivity index (χ0) is 60.2. The van der Waals surface area contributed by atoms with E-state index < -0.39 is 66.4 Å². The minimum Gasteiger partial charge on any atom is -0.464 e. The molecule has 0 spiro atoms. The van der Waals surface area contributed by atoms with Gasteiger partial charge in [0.1, 0.15) is 18.7 Å². The molecule has 4 N–H and O–H groups in total. The number of rotatable bonds is 39. The molecule has 3 unspecified atom stereocenters. The third kappa shape index (κ3) is 23.3. The SMILES string of the molecule is CCC(CO)OC(COC(=O)CCCC(=O)N[C@@H](C)C(=O)OCCCNC(=O)[C@H](Cc1ccccc1)CC(C)[C@H](C)[C@@H](OC)[C@@H]1CCCN1C(=O)C[C@@H](OC)[C@H]([C@@H](C)CC)N(C)C(=O)[C@@H](NC(=O)[C@H](C(C)C)N(C)C)C(C)C)OC. The molecule has 20 nitrogen and oxygen atoms in total. The van der Waals surface area contributed by atoms with E-state index in [4.69, 9.17) is 28.4 Å². The van der Waals surface area contributed by atoms with Crippen molar-refractivity contribution in [2.24, 2.45) is 35.5 Å². The van der Waals surface area contributed by atoms with E-state index in [9.17, 15) is 38.7 Å².